The number of hydrogen-bond donors (Lipinski definition) is 2. The number of amides is 2. The Morgan fingerprint density at radius 2 is 1.76 bits per heavy atom. The van der Waals surface area contributed by atoms with Crippen LogP contribution in [-0.2, 0) is 11.3 Å². The summed E-state index contributed by atoms with van der Waals surface area (Å²) in [5, 5.41) is 16.9. The van der Waals surface area contributed by atoms with Crippen molar-refractivity contribution in [2.45, 2.75) is 13.5 Å². The summed E-state index contributed by atoms with van der Waals surface area (Å²) in [6.45, 7) is 1.47. The van der Waals surface area contributed by atoms with Crippen LogP contribution in [0.3, 0.4) is 0 Å². The second kappa shape index (κ2) is 9.40. The van der Waals surface area contributed by atoms with Gasteiger partial charge in [0.1, 0.15) is 5.56 Å². The Hall–Kier alpha value is -3.82. The Morgan fingerprint density at radius 1 is 1.07 bits per heavy atom. The zero-order chi connectivity index (χ0) is 21.6. The maximum atomic E-state index is 12.7. The number of methoxy groups -OCH3 is 3. The number of benzene rings is 2. The minimum atomic E-state index is -0.715. The van der Waals surface area contributed by atoms with Crippen LogP contribution >= 0.6 is 0 Å². The third-order valence-corrected chi connectivity index (χ3v) is 3.93. The molecule has 0 atom stereocenters. The van der Waals surface area contributed by atoms with Crippen LogP contribution in [-0.4, -0.2) is 38.1 Å². The van der Waals surface area contributed by atoms with Gasteiger partial charge in [0.25, 0.3) is 5.91 Å². The van der Waals surface area contributed by atoms with E-state index in [4.69, 9.17) is 14.2 Å². The molecule has 2 rings (SSSR count). The van der Waals surface area contributed by atoms with Crippen molar-refractivity contribution in [3.05, 3.63) is 51.6 Å². The van der Waals surface area contributed by atoms with Crippen LogP contribution in [0.15, 0.2) is 30.3 Å². The van der Waals surface area contributed by atoms with Crippen LogP contribution in [0.25, 0.3) is 0 Å². The topological polar surface area (TPSA) is 129 Å². The molecule has 0 radical (unpaired) electrons. The lowest BCUT2D eigenvalue weighted by Gasteiger charge is -2.15. The molecule has 10 heteroatoms. The molecule has 2 amide bonds. The van der Waals surface area contributed by atoms with E-state index in [9.17, 15) is 19.7 Å². The maximum absolute atomic E-state index is 12.7. The van der Waals surface area contributed by atoms with E-state index in [1.54, 1.807) is 24.3 Å². The highest BCUT2D eigenvalue weighted by Crippen LogP contribution is 2.46. The van der Waals surface area contributed by atoms with E-state index in [-0.39, 0.29) is 35.3 Å². The normalized spacial score (nSPS) is 10.1. The van der Waals surface area contributed by atoms with Gasteiger partial charge in [-0.2, -0.15) is 0 Å². The number of ether oxygens (including phenoxy) is 3. The van der Waals surface area contributed by atoms with Gasteiger partial charge in [-0.15, -0.1) is 0 Å². The van der Waals surface area contributed by atoms with Gasteiger partial charge in [0, 0.05) is 25.2 Å². The molecule has 0 aliphatic rings. The summed E-state index contributed by atoms with van der Waals surface area (Å²) in [6, 6.07) is 8.08. The number of anilines is 1. The minimum absolute atomic E-state index is 0.0151. The zero-order valence-electron chi connectivity index (χ0n) is 16.4. The number of nitrogens with zero attached hydrogens (tertiary/aromatic N) is 1. The van der Waals surface area contributed by atoms with Gasteiger partial charge >= 0.3 is 5.69 Å². The summed E-state index contributed by atoms with van der Waals surface area (Å²) >= 11 is 0. The Labute approximate surface area is 166 Å². The van der Waals surface area contributed by atoms with Gasteiger partial charge < -0.3 is 24.8 Å². The molecule has 0 unspecified atom stereocenters. The summed E-state index contributed by atoms with van der Waals surface area (Å²) in [7, 11) is 3.89. The van der Waals surface area contributed by atoms with Crippen LogP contribution in [0, 0.1) is 10.1 Å². The van der Waals surface area contributed by atoms with E-state index in [2.05, 4.69) is 10.6 Å². The Balaban J connectivity index is 2.35. The standard InChI is InChI=1S/C19H21N3O7/c1-11(23)21-13-7-5-6-12(8-13)10-20-19(24)14-9-15(27-2)17(28-3)18(29-4)16(14)22(25)26/h5-9H,10H2,1-4H3,(H,20,24)(H,21,23). The first kappa shape index (κ1) is 21.5. The number of nitro groups is 1. The fourth-order valence-corrected chi connectivity index (χ4v) is 2.74. The van der Waals surface area contributed by atoms with E-state index in [0.717, 1.165) is 0 Å². The molecule has 0 saturated heterocycles. The second-order valence-electron chi connectivity index (χ2n) is 5.86. The van der Waals surface area contributed by atoms with Gasteiger partial charge in [-0.1, -0.05) is 12.1 Å². The SMILES string of the molecule is COc1cc(C(=O)NCc2cccc(NC(C)=O)c2)c([N+](=O)[O-])c(OC)c1OC. The molecular formula is C19H21N3O7. The van der Waals surface area contributed by atoms with Crippen LogP contribution < -0.4 is 24.8 Å². The summed E-state index contributed by atoms with van der Waals surface area (Å²) < 4.78 is 15.4. The Bertz CT molecular complexity index is 944. The highest BCUT2D eigenvalue weighted by Gasteiger charge is 2.32. The summed E-state index contributed by atoms with van der Waals surface area (Å²) in [6.07, 6.45) is 0. The van der Waals surface area contributed by atoms with Crippen molar-refractivity contribution >= 4 is 23.2 Å². The average molecular weight is 403 g/mol. The first-order chi connectivity index (χ1) is 13.8. The summed E-state index contributed by atoms with van der Waals surface area (Å²) in [4.78, 5) is 34.8. The molecule has 0 aliphatic carbocycles. The van der Waals surface area contributed by atoms with E-state index in [0.29, 0.717) is 11.3 Å². The van der Waals surface area contributed by atoms with Crippen molar-refractivity contribution in [1.29, 1.82) is 0 Å². The number of rotatable bonds is 8. The molecular weight excluding hydrogens is 382 g/mol. The molecule has 2 N–H and O–H groups in total. The highest BCUT2D eigenvalue weighted by atomic mass is 16.6. The fraction of sp³-hybridized carbons (Fsp3) is 0.263. The average Bonchev–Trinajstić information content (AvgIpc) is 2.69. The quantitative estimate of drug-likeness (QED) is 0.512. The van der Waals surface area contributed by atoms with E-state index < -0.39 is 16.5 Å². The molecule has 0 fully saturated rings. The number of nitro benzene ring substituents is 1. The Kier molecular flexibility index (Phi) is 6.96. The van der Waals surface area contributed by atoms with Crippen LogP contribution in [0.4, 0.5) is 11.4 Å². The van der Waals surface area contributed by atoms with E-state index in [1.807, 2.05) is 0 Å². The van der Waals surface area contributed by atoms with Crippen LogP contribution in [0.2, 0.25) is 0 Å². The number of carbonyl (C=O) groups is 2. The van der Waals surface area contributed by atoms with E-state index in [1.165, 1.54) is 34.3 Å². The molecule has 0 aliphatic heterocycles. The lowest BCUT2D eigenvalue weighted by atomic mass is 10.1. The predicted octanol–water partition coefficient (Wildman–Crippen LogP) is 2.51. The van der Waals surface area contributed by atoms with Crippen LogP contribution in [0.1, 0.15) is 22.8 Å². The third kappa shape index (κ3) is 4.92. The smallest absolute Gasteiger partial charge is 0.327 e. The molecule has 0 spiro atoms. The molecule has 10 nitrogen and oxygen atoms in total. The molecule has 0 aromatic heterocycles. The van der Waals surface area contributed by atoms with Gasteiger partial charge in [-0.3, -0.25) is 19.7 Å². The van der Waals surface area contributed by atoms with Crippen molar-refractivity contribution in [1.82, 2.24) is 5.32 Å². The number of hydrogen-bond acceptors (Lipinski definition) is 7. The molecule has 29 heavy (non-hydrogen) atoms. The lowest BCUT2D eigenvalue weighted by molar-refractivity contribution is -0.386. The summed E-state index contributed by atoms with van der Waals surface area (Å²) in [5.41, 5.74) is 0.500. The monoisotopic (exact) mass is 403 g/mol. The molecule has 2 aromatic carbocycles. The first-order valence-corrected chi connectivity index (χ1v) is 8.44. The van der Waals surface area contributed by atoms with Gasteiger partial charge in [0.15, 0.2) is 5.75 Å². The number of nitrogens with one attached hydrogen (secondary N) is 2. The first-order valence-electron chi connectivity index (χ1n) is 8.44. The molecule has 0 saturated carbocycles. The summed E-state index contributed by atoms with van der Waals surface area (Å²) in [5.74, 6) is -0.996. The molecule has 0 heterocycles. The molecule has 154 valence electrons. The van der Waals surface area contributed by atoms with E-state index >= 15 is 0 Å². The molecule has 0 bridgehead atoms. The predicted molar refractivity (Wildman–Crippen MR) is 105 cm³/mol. The van der Waals surface area contributed by atoms with Crippen molar-refractivity contribution in [2.24, 2.45) is 0 Å². The van der Waals surface area contributed by atoms with Crippen LogP contribution in [0.5, 0.6) is 17.2 Å². The number of carbonyl (C=O) groups excluding carboxylic acids is 2. The second-order valence-corrected chi connectivity index (χ2v) is 5.86. The van der Waals surface area contributed by atoms with Crippen molar-refractivity contribution < 1.29 is 28.7 Å². The van der Waals surface area contributed by atoms with Gasteiger partial charge in [-0.05, 0) is 17.7 Å². The third-order valence-electron chi connectivity index (χ3n) is 3.93. The largest absolute Gasteiger partial charge is 0.493 e. The van der Waals surface area contributed by atoms with Gasteiger partial charge in [0.2, 0.25) is 17.4 Å². The molecule has 2 aromatic rings. The van der Waals surface area contributed by atoms with Gasteiger partial charge in [0.05, 0.1) is 26.3 Å². The highest BCUT2D eigenvalue weighted by molar-refractivity contribution is 6.00. The van der Waals surface area contributed by atoms with Crippen molar-refractivity contribution in [3.63, 3.8) is 0 Å². The maximum Gasteiger partial charge on any atom is 0.327 e. The fourth-order valence-electron chi connectivity index (χ4n) is 2.74. The van der Waals surface area contributed by atoms with Crippen molar-refractivity contribution in [3.8, 4) is 17.2 Å². The minimum Gasteiger partial charge on any atom is -0.493 e. The van der Waals surface area contributed by atoms with Crippen molar-refractivity contribution in [2.75, 3.05) is 26.6 Å². The zero-order valence-corrected chi connectivity index (χ0v) is 16.4. The lowest BCUT2D eigenvalue weighted by Crippen LogP contribution is -2.24. The van der Waals surface area contributed by atoms with Gasteiger partial charge in [-0.25, -0.2) is 0 Å². The Morgan fingerprint density at radius 3 is 2.31 bits per heavy atom.